The Bertz CT molecular complexity index is 637. The van der Waals surface area contributed by atoms with Gasteiger partial charge in [0.05, 0.1) is 12.7 Å². The summed E-state index contributed by atoms with van der Waals surface area (Å²) in [7, 11) is 1.74. The molecule has 0 saturated heterocycles. The number of aromatic nitrogens is 1. The predicted octanol–water partition coefficient (Wildman–Crippen LogP) is 2.95. The molecule has 2 rings (SSSR count). The predicted molar refractivity (Wildman–Crippen MR) is 101 cm³/mol. The standard InChI is InChI=1S/C18H23FN4OS/c1-20-18(23-11-12-24-16-4-2-9-21-14-16)22-10-3-13-25-17-7-5-15(19)6-8-17/h2,4-9,14H,3,10-13H2,1H3,(H2,20,22,23). The summed E-state index contributed by atoms with van der Waals surface area (Å²) in [6.07, 6.45) is 4.38. The molecule has 0 atom stereocenters. The van der Waals surface area contributed by atoms with Crippen molar-refractivity contribution in [2.45, 2.75) is 11.3 Å². The number of rotatable bonds is 9. The molecule has 7 heteroatoms. The lowest BCUT2D eigenvalue weighted by Gasteiger charge is -2.12. The molecule has 25 heavy (non-hydrogen) atoms. The summed E-state index contributed by atoms with van der Waals surface area (Å²) >= 11 is 1.71. The smallest absolute Gasteiger partial charge is 0.191 e. The van der Waals surface area contributed by atoms with E-state index in [1.165, 1.54) is 12.1 Å². The lowest BCUT2D eigenvalue weighted by molar-refractivity contribution is 0.320. The van der Waals surface area contributed by atoms with E-state index in [9.17, 15) is 4.39 Å². The number of thioether (sulfide) groups is 1. The average Bonchev–Trinajstić information content (AvgIpc) is 2.65. The monoisotopic (exact) mass is 362 g/mol. The van der Waals surface area contributed by atoms with Crippen molar-refractivity contribution >= 4 is 17.7 Å². The van der Waals surface area contributed by atoms with Crippen molar-refractivity contribution in [2.24, 2.45) is 4.99 Å². The van der Waals surface area contributed by atoms with E-state index in [2.05, 4.69) is 20.6 Å². The van der Waals surface area contributed by atoms with Crippen LogP contribution >= 0.6 is 11.8 Å². The van der Waals surface area contributed by atoms with Crippen LogP contribution in [0.15, 0.2) is 58.7 Å². The molecule has 0 radical (unpaired) electrons. The van der Waals surface area contributed by atoms with Gasteiger partial charge in [-0.3, -0.25) is 9.98 Å². The van der Waals surface area contributed by atoms with Crippen molar-refractivity contribution in [3.05, 3.63) is 54.6 Å². The molecule has 0 unspecified atom stereocenters. The van der Waals surface area contributed by atoms with Crippen molar-refractivity contribution in [1.82, 2.24) is 15.6 Å². The van der Waals surface area contributed by atoms with E-state index >= 15 is 0 Å². The van der Waals surface area contributed by atoms with Crippen LogP contribution in [-0.4, -0.2) is 43.4 Å². The third-order valence-corrected chi connectivity index (χ3v) is 4.32. The third kappa shape index (κ3) is 7.89. The number of hydrogen-bond donors (Lipinski definition) is 2. The summed E-state index contributed by atoms with van der Waals surface area (Å²) in [5.41, 5.74) is 0. The van der Waals surface area contributed by atoms with Gasteiger partial charge in [-0.25, -0.2) is 4.39 Å². The topological polar surface area (TPSA) is 58.5 Å². The first kappa shape index (κ1) is 19.1. The number of nitrogens with one attached hydrogen (secondary N) is 2. The summed E-state index contributed by atoms with van der Waals surface area (Å²) in [5, 5.41) is 6.46. The number of guanidine groups is 1. The van der Waals surface area contributed by atoms with E-state index < -0.39 is 0 Å². The SMILES string of the molecule is CN=C(NCCCSc1ccc(F)cc1)NCCOc1cccnc1. The Morgan fingerprint density at radius 2 is 2.00 bits per heavy atom. The molecule has 0 spiro atoms. The van der Waals surface area contributed by atoms with Gasteiger partial charge >= 0.3 is 0 Å². The molecule has 0 fully saturated rings. The van der Waals surface area contributed by atoms with Crippen LogP contribution in [0.1, 0.15) is 6.42 Å². The second kappa shape index (κ2) is 11.3. The minimum atomic E-state index is -0.201. The summed E-state index contributed by atoms with van der Waals surface area (Å²) in [4.78, 5) is 9.25. The van der Waals surface area contributed by atoms with Gasteiger partial charge in [0.15, 0.2) is 5.96 Å². The molecule has 0 bridgehead atoms. The fourth-order valence-corrected chi connectivity index (χ4v) is 2.84. The van der Waals surface area contributed by atoms with Crippen molar-refractivity contribution in [1.29, 1.82) is 0 Å². The first-order valence-electron chi connectivity index (χ1n) is 8.13. The molecule has 1 aromatic carbocycles. The largest absolute Gasteiger partial charge is 0.490 e. The van der Waals surface area contributed by atoms with Gasteiger partial charge in [-0.05, 0) is 48.6 Å². The van der Waals surface area contributed by atoms with Gasteiger partial charge in [-0.2, -0.15) is 0 Å². The molecule has 134 valence electrons. The molecule has 1 heterocycles. The normalized spacial score (nSPS) is 11.2. The van der Waals surface area contributed by atoms with Gasteiger partial charge in [-0.15, -0.1) is 11.8 Å². The van der Waals surface area contributed by atoms with Crippen LogP contribution in [0.25, 0.3) is 0 Å². The second-order valence-corrected chi connectivity index (χ2v) is 6.29. The Morgan fingerprint density at radius 1 is 1.20 bits per heavy atom. The summed E-state index contributed by atoms with van der Waals surface area (Å²) in [5.74, 6) is 2.26. The fraction of sp³-hybridized carbons (Fsp3) is 0.333. The zero-order chi connectivity index (χ0) is 17.7. The zero-order valence-electron chi connectivity index (χ0n) is 14.2. The molecule has 0 aliphatic heterocycles. The highest BCUT2D eigenvalue weighted by molar-refractivity contribution is 7.99. The van der Waals surface area contributed by atoms with Gasteiger partial charge in [-0.1, -0.05) is 0 Å². The highest BCUT2D eigenvalue weighted by atomic mass is 32.2. The molecular weight excluding hydrogens is 339 g/mol. The summed E-state index contributed by atoms with van der Waals surface area (Å²) in [6.45, 7) is 2.00. The van der Waals surface area contributed by atoms with E-state index in [0.717, 1.165) is 35.3 Å². The van der Waals surface area contributed by atoms with E-state index in [4.69, 9.17) is 4.74 Å². The van der Waals surface area contributed by atoms with Gasteiger partial charge in [0.25, 0.3) is 0 Å². The van der Waals surface area contributed by atoms with Crippen LogP contribution in [0.3, 0.4) is 0 Å². The van der Waals surface area contributed by atoms with Crippen LogP contribution in [0, 0.1) is 5.82 Å². The molecule has 0 amide bonds. The van der Waals surface area contributed by atoms with Crippen molar-refractivity contribution in [2.75, 3.05) is 32.5 Å². The molecule has 0 aliphatic carbocycles. The minimum absolute atomic E-state index is 0.201. The Hall–Kier alpha value is -2.28. The first-order valence-corrected chi connectivity index (χ1v) is 9.12. The number of halogens is 1. The summed E-state index contributed by atoms with van der Waals surface area (Å²) < 4.78 is 18.4. The molecule has 1 aromatic heterocycles. The number of benzene rings is 1. The summed E-state index contributed by atoms with van der Waals surface area (Å²) in [6, 6.07) is 10.3. The average molecular weight is 362 g/mol. The Morgan fingerprint density at radius 3 is 2.72 bits per heavy atom. The number of aliphatic imine (C=N–C) groups is 1. The molecule has 0 aliphatic rings. The molecular formula is C18H23FN4OS. The van der Waals surface area contributed by atoms with Crippen LogP contribution in [-0.2, 0) is 0 Å². The minimum Gasteiger partial charge on any atom is -0.490 e. The van der Waals surface area contributed by atoms with E-state index in [1.807, 2.05) is 12.1 Å². The first-order chi connectivity index (χ1) is 12.3. The lowest BCUT2D eigenvalue weighted by Crippen LogP contribution is -2.39. The van der Waals surface area contributed by atoms with Crippen LogP contribution in [0.2, 0.25) is 0 Å². The van der Waals surface area contributed by atoms with E-state index in [0.29, 0.717) is 13.2 Å². The highest BCUT2D eigenvalue weighted by Gasteiger charge is 1.99. The molecule has 2 N–H and O–H groups in total. The van der Waals surface area contributed by atoms with Crippen LogP contribution < -0.4 is 15.4 Å². The van der Waals surface area contributed by atoms with Crippen molar-refractivity contribution in [3.8, 4) is 5.75 Å². The van der Waals surface area contributed by atoms with Crippen LogP contribution in [0.5, 0.6) is 5.75 Å². The lowest BCUT2D eigenvalue weighted by atomic mass is 10.4. The van der Waals surface area contributed by atoms with Gasteiger partial charge in [0.2, 0.25) is 0 Å². The second-order valence-electron chi connectivity index (χ2n) is 5.12. The maximum absolute atomic E-state index is 12.8. The van der Waals surface area contributed by atoms with Crippen molar-refractivity contribution in [3.63, 3.8) is 0 Å². The molecule has 2 aromatic rings. The Kier molecular flexibility index (Phi) is 8.61. The third-order valence-electron chi connectivity index (χ3n) is 3.22. The van der Waals surface area contributed by atoms with Gasteiger partial charge in [0.1, 0.15) is 18.2 Å². The number of pyridine rings is 1. The van der Waals surface area contributed by atoms with Gasteiger partial charge < -0.3 is 15.4 Å². The number of ether oxygens (including phenoxy) is 1. The zero-order valence-corrected chi connectivity index (χ0v) is 15.1. The van der Waals surface area contributed by atoms with Crippen LogP contribution in [0.4, 0.5) is 4.39 Å². The maximum Gasteiger partial charge on any atom is 0.191 e. The fourth-order valence-electron chi connectivity index (χ4n) is 1.99. The van der Waals surface area contributed by atoms with Crippen molar-refractivity contribution < 1.29 is 9.13 Å². The van der Waals surface area contributed by atoms with Gasteiger partial charge in [0, 0.05) is 24.7 Å². The Labute approximate surface area is 152 Å². The quantitative estimate of drug-likeness (QED) is 0.311. The highest BCUT2D eigenvalue weighted by Crippen LogP contribution is 2.18. The number of nitrogens with zero attached hydrogens (tertiary/aromatic N) is 2. The number of hydrogen-bond acceptors (Lipinski definition) is 4. The Balaban J connectivity index is 1.53. The maximum atomic E-state index is 12.8. The molecule has 0 saturated carbocycles. The molecule has 5 nitrogen and oxygen atoms in total. The van der Waals surface area contributed by atoms with E-state index in [-0.39, 0.29) is 5.82 Å². The van der Waals surface area contributed by atoms with E-state index in [1.54, 1.807) is 43.3 Å².